The minimum atomic E-state index is 0.310. The van der Waals surface area contributed by atoms with Crippen LogP contribution >= 0.6 is 0 Å². The first kappa shape index (κ1) is 11.0. The second kappa shape index (κ2) is 5.61. The molecule has 1 fully saturated rings. The lowest BCUT2D eigenvalue weighted by Gasteiger charge is -2.32. The largest absolute Gasteiger partial charge is 0.396 e. The van der Waals surface area contributed by atoms with Crippen molar-refractivity contribution < 1.29 is 5.11 Å². The summed E-state index contributed by atoms with van der Waals surface area (Å²) in [6.45, 7) is 5.97. The maximum Gasteiger partial charge on any atom is 0.0443 e. The highest BCUT2D eigenvalue weighted by atomic mass is 16.3. The Kier molecular flexibility index (Phi) is 4.74. The van der Waals surface area contributed by atoms with Crippen molar-refractivity contribution in [2.45, 2.75) is 45.6 Å². The lowest BCUT2D eigenvalue weighted by Crippen LogP contribution is -2.37. The SMILES string of the molecule is CC1CC(C)CC(NCCCO)C1. The van der Waals surface area contributed by atoms with E-state index in [9.17, 15) is 0 Å². The molecule has 0 saturated heterocycles. The van der Waals surface area contributed by atoms with Gasteiger partial charge in [-0.15, -0.1) is 0 Å². The van der Waals surface area contributed by atoms with Gasteiger partial charge in [-0.3, -0.25) is 0 Å². The second-order valence-corrected chi connectivity index (χ2v) is 4.65. The van der Waals surface area contributed by atoms with Crippen molar-refractivity contribution in [2.75, 3.05) is 13.2 Å². The van der Waals surface area contributed by atoms with Crippen LogP contribution in [-0.2, 0) is 0 Å². The molecule has 2 unspecified atom stereocenters. The smallest absolute Gasteiger partial charge is 0.0443 e. The van der Waals surface area contributed by atoms with Crippen molar-refractivity contribution in [1.29, 1.82) is 0 Å². The van der Waals surface area contributed by atoms with Crippen molar-refractivity contribution in [2.24, 2.45) is 11.8 Å². The predicted molar refractivity (Wildman–Crippen MR) is 55.7 cm³/mol. The van der Waals surface area contributed by atoms with Crippen molar-refractivity contribution in [3.63, 3.8) is 0 Å². The molecule has 0 bridgehead atoms. The molecular formula is C11H23NO. The molecule has 13 heavy (non-hydrogen) atoms. The number of rotatable bonds is 4. The third-order valence-electron chi connectivity index (χ3n) is 2.95. The number of aliphatic hydroxyl groups is 1. The number of hydrogen-bond donors (Lipinski definition) is 2. The van der Waals surface area contributed by atoms with Gasteiger partial charge in [0.2, 0.25) is 0 Å². The van der Waals surface area contributed by atoms with E-state index in [1.54, 1.807) is 0 Å². The molecule has 0 aromatic heterocycles. The van der Waals surface area contributed by atoms with E-state index in [-0.39, 0.29) is 0 Å². The molecule has 2 atom stereocenters. The van der Waals surface area contributed by atoms with Gasteiger partial charge in [0.05, 0.1) is 0 Å². The summed E-state index contributed by atoms with van der Waals surface area (Å²) in [7, 11) is 0. The molecule has 1 aliphatic carbocycles. The molecule has 1 aliphatic rings. The Balaban J connectivity index is 2.17. The van der Waals surface area contributed by atoms with Crippen molar-refractivity contribution in [1.82, 2.24) is 5.32 Å². The van der Waals surface area contributed by atoms with Crippen LogP contribution in [0, 0.1) is 11.8 Å². The molecule has 0 spiro atoms. The van der Waals surface area contributed by atoms with Crippen molar-refractivity contribution in [3.05, 3.63) is 0 Å². The van der Waals surface area contributed by atoms with Gasteiger partial charge in [-0.1, -0.05) is 13.8 Å². The van der Waals surface area contributed by atoms with Crippen molar-refractivity contribution >= 4 is 0 Å². The number of aliphatic hydroxyl groups excluding tert-OH is 1. The van der Waals surface area contributed by atoms with Gasteiger partial charge in [0.25, 0.3) is 0 Å². The molecule has 2 heteroatoms. The first-order valence-electron chi connectivity index (χ1n) is 5.56. The molecule has 0 amide bonds. The van der Waals surface area contributed by atoms with Crippen LogP contribution in [-0.4, -0.2) is 24.3 Å². The van der Waals surface area contributed by atoms with E-state index in [2.05, 4.69) is 19.2 Å². The molecule has 2 N–H and O–H groups in total. The standard InChI is InChI=1S/C11H23NO/c1-9-6-10(2)8-11(7-9)12-4-3-5-13/h9-13H,3-8H2,1-2H3. The van der Waals surface area contributed by atoms with Crippen LogP contribution in [0.2, 0.25) is 0 Å². The Hall–Kier alpha value is -0.0800. The minimum absolute atomic E-state index is 0.310. The number of nitrogens with one attached hydrogen (secondary N) is 1. The molecule has 1 saturated carbocycles. The third-order valence-corrected chi connectivity index (χ3v) is 2.95. The highest BCUT2D eigenvalue weighted by molar-refractivity contribution is 4.79. The van der Waals surface area contributed by atoms with Gasteiger partial charge >= 0.3 is 0 Å². The fourth-order valence-corrected chi connectivity index (χ4v) is 2.50. The van der Waals surface area contributed by atoms with Crippen LogP contribution in [0.1, 0.15) is 39.5 Å². The Labute approximate surface area is 81.7 Å². The van der Waals surface area contributed by atoms with E-state index >= 15 is 0 Å². The molecule has 0 heterocycles. The topological polar surface area (TPSA) is 32.3 Å². The molecule has 0 aliphatic heterocycles. The quantitative estimate of drug-likeness (QED) is 0.654. The molecule has 78 valence electrons. The van der Waals surface area contributed by atoms with Gasteiger partial charge < -0.3 is 10.4 Å². The van der Waals surface area contributed by atoms with Gasteiger partial charge in [-0.05, 0) is 44.1 Å². The third kappa shape index (κ3) is 4.10. The Morgan fingerprint density at radius 2 is 1.77 bits per heavy atom. The lowest BCUT2D eigenvalue weighted by atomic mass is 9.80. The summed E-state index contributed by atoms with van der Waals surface area (Å²) in [4.78, 5) is 0. The predicted octanol–water partition coefficient (Wildman–Crippen LogP) is 1.78. The van der Waals surface area contributed by atoms with Crippen LogP contribution in [0.25, 0.3) is 0 Å². The van der Waals surface area contributed by atoms with Crippen LogP contribution in [0.5, 0.6) is 0 Å². The summed E-state index contributed by atoms with van der Waals surface area (Å²) in [6.07, 6.45) is 4.91. The summed E-state index contributed by atoms with van der Waals surface area (Å²) in [5.74, 6) is 1.74. The van der Waals surface area contributed by atoms with Crippen molar-refractivity contribution in [3.8, 4) is 0 Å². The Bertz CT molecular complexity index is 128. The average molecular weight is 185 g/mol. The summed E-state index contributed by atoms with van der Waals surface area (Å²) in [5.41, 5.74) is 0. The first-order valence-corrected chi connectivity index (χ1v) is 5.56. The van der Waals surface area contributed by atoms with E-state index in [4.69, 9.17) is 5.11 Å². The second-order valence-electron chi connectivity index (χ2n) is 4.65. The first-order chi connectivity index (χ1) is 6.22. The minimum Gasteiger partial charge on any atom is -0.396 e. The van der Waals surface area contributed by atoms with Gasteiger partial charge in [0, 0.05) is 12.6 Å². The number of hydrogen-bond acceptors (Lipinski definition) is 2. The van der Waals surface area contributed by atoms with Gasteiger partial charge in [0.1, 0.15) is 0 Å². The van der Waals surface area contributed by atoms with Gasteiger partial charge in [-0.2, -0.15) is 0 Å². The summed E-state index contributed by atoms with van der Waals surface area (Å²) >= 11 is 0. The zero-order valence-corrected chi connectivity index (χ0v) is 8.92. The zero-order valence-electron chi connectivity index (χ0n) is 8.92. The molecule has 0 aromatic rings. The molecule has 1 rings (SSSR count). The Morgan fingerprint density at radius 3 is 2.31 bits per heavy atom. The van der Waals surface area contributed by atoms with E-state index in [0.29, 0.717) is 12.6 Å². The molecule has 2 nitrogen and oxygen atoms in total. The van der Waals surface area contributed by atoms with Crippen LogP contribution in [0.3, 0.4) is 0 Å². The molecule has 0 aromatic carbocycles. The normalized spacial score (nSPS) is 34.8. The lowest BCUT2D eigenvalue weighted by molar-refractivity contribution is 0.230. The van der Waals surface area contributed by atoms with Gasteiger partial charge in [-0.25, -0.2) is 0 Å². The Morgan fingerprint density at radius 1 is 1.15 bits per heavy atom. The van der Waals surface area contributed by atoms with Crippen LogP contribution in [0.15, 0.2) is 0 Å². The zero-order chi connectivity index (χ0) is 9.68. The summed E-state index contributed by atoms with van der Waals surface area (Å²) in [5, 5.41) is 12.2. The summed E-state index contributed by atoms with van der Waals surface area (Å²) in [6, 6.07) is 0.699. The van der Waals surface area contributed by atoms with E-state index < -0.39 is 0 Å². The van der Waals surface area contributed by atoms with E-state index in [1.165, 1.54) is 19.3 Å². The maximum absolute atomic E-state index is 8.66. The highest BCUT2D eigenvalue weighted by Gasteiger charge is 2.22. The summed E-state index contributed by atoms with van der Waals surface area (Å²) < 4.78 is 0. The molecule has 0 radical (unpaired) electrons. The fourth-order valence-electron chi connectivity index (χ4n) is 2.50. The fraction of sp³-hybridized carbons (Fsp3) is 1.00. The van der Waals surface area contributed by atoms with Gasteiger partial charge in [0.15, 0.2) is 0 Å². The maximum atomic E-state index is 8.66. The van der Waals surface area contributed by atoms with Crippen LogP contribution in [0.4, 0.5) is 0 Å². The monoisotopic (exact) mass is 185 g/mol. The van der Waals surface area contributed by atoms with E-state index in [1.807, 2.05) is 0 Å². The average Bonchev–Trinajstić information content (AvgIpc) is 2.03. The molecular weight excluding hydrogens is 162 g/mol. The van der Waals surface area contributed by atoms with E-state index in [0.717, 1.165) is 24.8 Å². The van der Waals surface area contributed by atoms with Crippen LogP contribution < -0.4 is 5.32 Å². The highest BCUT2D eigenvalue weighted by Crippen LogP contribution is 2.28.